The summed E-state index contributed by atoms with van der Waals surface area (Å²) in [6.45, 7) is 1.85. The second-order valence-corrected chi connectivity index (χ2v) is 7.98. The number of hydrogen-bond acceptors (Lipinski definition) is 3. The Labute approximate surface area is 172 Å². The van der Waals surface area contributed by atoms with Crippen molar-refractivity contribution >= 4 is 37.7 Å². The fourth-order valence-electron chi connectivity index (χ4n) is 3.66. The van der Waals surface area contributed by atoms with Crippen LogP contribution in [0.15, 0.2) is 71.2 Å². The Kier molecular flexibility index (Phi) is 5.67. The number of para-hydroxylation sites is 1. The first-order chi connectivity index (χ1) is 13.6. The maximum atomic E-state index is 10.6. The Hall–Kier alpha value is -2.34. The lowest BCUT2D eigenvalue weighted by Crippen LogP contribution is -2.31. The molecule has 1 heterocycles. The lowest BCUT2D eigenvalue weighted by molar-refractivity contribution is 0.154. The number of aliphatic hydroxyl groups is 1. The van der Waals surface area contributed by atoms with Crippen molar-refractivity contribution in [2.75, 3.05) is 13.1 Å². The topological polar surface area (TPSA) is 57.4 Å². The van der Waals surface area contributed by atoms with E-state index >= 15 is 0 Å². The molecule has 3 aromatic carbocycles. The molecule has 0 spiro atoms. The first kappa shape index (κ1) is 19.0. The summed E-state index contributed by atoms with van der Waals surface area (Å²) in [4.78, 5) is 0. The summed E-state index contributed by atoms with van der Waals surface area (Å²) in [6.07, 6.45) is 0.374. The summed E-state index contributed by atoms with van der Waals surface area (Å²) >= 11 is 3.56. The molecule has 0 amide bonds. The zero-order chi connectivity index (χ0) is 19.5. The van der Waals surface area contributed by atoms with Gasteiger partial charge < -0.3 is 20.1 Å². The van der Waals surface area contributed by atoms with Crippen molar-refractivity contribution < 1.29 is 10.2 Å². The van der Waals surface area contributed by atoms with Gasteiger partial charge in [-0.25, -0.2) is 0 Å². The van der Waals surface area contributed by atoms with Crippen LogP contribution in [0.2, 0.25) is 0 Å². The molecule has 1 atom stereocenters. The van der Waals surface area contributed by atoms with Gasteiger partial charge in [0.2, 0.25) is 0 Å². The van der Waals surface area contributed by atoms with Gasteiger partial charge in [-0.15, -0.1) is 0 Å². The molecule has 0 radical (unpaired) electrons. The number of nitrogens with one attached hydrogen (secondary N) is 1. The van der Waals surface area contributed by atoms with Crippen molar-refractivity contribution in [3.63, 3.8) is 0 Å². The normalized spacial score (nSPS) is 12.6. The highest BCUT2D eigenvalue weighted by atomic mass is 79.9. The highest BCUT2D eigenvalue weighted by molar-refractivity contribution is 9.10. The molecule has 0 saturated carbocycles. The van der Waals surface area contributed by atoms with Crippen molar-refractivity contribution in [3.05, 3.63) is 76.8 Å². The molecule has 0 aliphatic heterocycles. The Morgan fingerprint density at radius 1 is 0.929 bits per heavy atom. The molecular formula is C23H23BrN2O2. The minimum Gasteiger partial charge on any atom is -0.508 e. The van der Waals surface area contributed by atoms with Gasteiger partial charge >= 0.3 is 0 Å². The van der Waals surface area contributed by atoms with Crippen LogP contribution in [-0.4, -0.2) is 34.0 Å². The molecule has 4 rings (SSSR count). The molecule has 4 nitrogen and oxygen atoms in total. The maximum absolute atomic E-state index is 10.6. The minimum absolute atomic E-state index is 0.283. The number of aromatic nitrogens is 1. The molecule has 0 bridgehead atoms. The zero-order valence-electron chi connectivity index (χ0n) is 15.5. The lowest BCUT2D eigenvalue weighted by Gasteiger charge is -2.15. The highest BCUT2D eigenvalue weighted by Crippen LogP contribution is 2.31. The van der Waals surface area contributed by atoms with Crippen LogP contribution < -0.4 is 5.32 Å². The molecule has 1 aromatic heterocycles. The summed E-state index contributed by atoms with van der Waals surface area (Å²) in [5.41, 5.74) is 3.43. The van der Waals surface area contributed by atoms with E-state index in [4.69, 9.17) is 0 Å². The van der Waals surface area contributed by atoms with Gasteiger partial charge in [0.15, 0.2) is 0 Å². The Bertz CT molecular complexity index is 1090. The maximum Gasteiger partial charge on any atom is 0.115 e. The largest absolute Gasteiger partial charge is 0.508 e. The van der Waals surface area contributed by atoms with Crippen LogP contribution in [0.4, 0.5) is 0 Å². The van der Waals surface area contributed by atoms with Crippen LogP contribution in [0.25, 0.3) is 21.8 Å². The van der Waals surface area contributed by atoms with E-state index in [1.54, 1.807) is 12.1 Å². The number of rotatable bonds is 7. The van der Waals surface area contributed by atoms with E-state index < -0.39 is 6.10 Å². The SMILES string of the molecule is Oc1ccc(CCNCC(O)Cn2c3ccccc3c3cc(Br)ccc32)cc1. The van der Waals surface area contributed by atoms with Crippen LogP contribution in [0.1, 0.15) is 5.56 Å². The summed E-state index contributed by atoms with van der Waals surface area (Å²) in [5.74, 6) is 0.283. The summed E-state index contributed by atoms with van der Waals surface area (Å²) < 4.78 is 3.25. The molecular weight excluding hydrogens is 416 g/mol. The average Bonchev–Trinajstić information content (AvgIpc) is 3.00. The molecule has 0 aliphatic carbocycles. The van der Waals surface area contributed by atoms with E-state index in [-0.39, 0.29) is 5.75 Å². The number of nitrogens with zero attached hydrogens (tertiary/aromatic N) is 1. The quantitative estimate of drug-likeness (QED) is 0.373. The molecule has 0 aliphatic rings. The summed E-state index contributed by atoms with van der Waals surface area (Å²) in [7, 11) is 0. The molecule has 144 valence electrons. The van der Waals surface area contributed by atoms with Crippen LogP contribution in [0.5, 0.6) is 5.75 Å². The van der Waals surface area contributed by atoms with Crippen molar-refractivity contribution in [3.8, 4) is 5.75 Å². The second kappa shape index (κ2) is 8.35. The van der Waals surface area contributed by atoms with Gasteiger partial charge in [0.25, 0.3) is 0 Å². The van der Waals surface area contributed by atoms with E-state index in [0.717, 1.165) is 34.0 Å². The standard InChI is InChI=1S/C23H23BrN2O2/c24-17-7-10-23-21(13-17)20-3-1-2-4-22(20)26(23)15-19(28)14-25-12-11-16-5-8-18(27)9-6-16/h1-10,13,19,25,27-28H,11-12,14-15H2. The van der Waals surface area contributed by atoms with Gasteiger partial charge in [-0.3, -0.25) is 0 Å². The first-order valence-electron chi connectivity index (χ1n) is 9.45. The zero-order valence-corrected chi connectivity index (χ0v) is 17.1. The summed E-state index contributed by atoms with van der Waals surface area (Å²) in [6, 6.07) is 21.8. The van der Waals surface area contributed by atoms with Crippen molar-refractivity contribution in [1.82, 2.24) is 9.88 Å². The third kappa shape index (κ3) is 4.07. The van der Waals surface area contributed by atoms with E-state index in [1.165, 1.54) is 10.8 Å². The number of phenols is 1. The van der Waals surface area contributed by atoms with E-state index in [1.807, 2.05) is 30.3 Å². The fourth-order valence-corrected chi connectivity index (χ4v) is 4.02. The number of hydrogen-bond donors (Lipinski definition) is 3. The Morgan fingerprint density at radius 3 is 2.50 bits per heavy atom. The van der Waals surface area contributed by atoms with E-state index in [0.29, 0.717) is 13.1 Å². The van der Waals surface area contributed by atoms with Gasteiger partial charge in [-0.1, -0.05) is 46.3 Å². The molecule has 0 saturated heterocycles. The number of benzene rings is 3. The number of fused-ring (bicyclic) bond motifs is 3. The number of aliphatic hydroxyl groups excluding tert-OH is 1. The van der Waals surface area contributed by atoms with Crippen molar-refractivity contribution in [1.29, 1.82) is 0 Å². The molecule has 28 heavy (non-hydrogen) atoms. The number of phenolic OH excluding ortho intramolecular Hbond substituents is 1. The van der Waals surface area contributed by atoms with Crippen LogP contribution >= 0.6 is 15.9 Å². The van der Waals surface area contributed by atoms with E-state index in [9.17, 15) is 10.2 Å². The highest BCUT2D eigenvalue weighted by Gasteiger charge is 2.13. The van der Waals surface area contributed by atoms with Crippen LogP contribution in [-0.2, 0) is 13.0 Å². The van der Waals surface area contributed by atoms with Gasteiger partial charge in [-0.05, 0) is 54.9 Å². The predicted octanol–water partition coefficient (Wildman–Crippen LogP) is 4.46. The van der Waals surface area contributed by atoms with Crippen LogP contribution in [0, 0.1) is 0 Å². The van der Waals surface area contributed by atoms with Crippen molar-refractivity contribution in [2.45, 2.75) is 19.1 Å². The Morgan fingerprint density at radius 2 is 1.68 bits per heavy atom. The van der Waals surface area contributed by atoms with Gasteiger partial charge in [-0.2, -0.15) is 0 Å². The molecule has 5 heteroatoms. The third-order valence-electron chi connectivity index (χ3n) is 5.03. The van der Waals surface area contributed by atoms with Gasteiger partial charge in [0.05, 0.1) is 12.6 Å². The monoisotopic (exact) mass is 438 g/mol. The first-order valence-corrected chi connectivity index (χ1v) is 10.2. The predicted molar refractivity (Wildman–Crippen MR) is 118 cm³/mol. The molecule has 1 unspecified atom stereocenters. The number of halogens is 1. The summed E-state index contributed by atoms with van der Waals surface area (Å²) in [5, 5.41) is 25.7. The molecule has 0 fully saturated rings. The lowest BCUT2D eigenvalue weighted by atomic mass is 10.1. The smallest absolute Gasteiger partial charge is 0.115 e. The van der Waals surface area contributed by atoms with Crippen LogP contribution in [0.3, 0.4) is 0 Å². The van der Waals surface area contributed by atoms with Gasteiger partial charge in [0, 0.05) is 32.8 Å². The minimum atomic E-state index is -0.484. The molecule has 3 N–H and O–H groups in total. The second-order valence-electron chi connectivity index (χ2n) is 7.06. The molecule has 4 aromatic rings. The number of aromatic hydroxyl groups is 1. The van der Waals surface area contributed by atoms with E-state index in [2.05, 4.69) is 50.1 Å². The fraction of sp³-hybridized carbons (Fsp3) is 0.217. The third-order valence-corrected chi connectivity index (χ3v) is 5.53. The van der Waals surface area contributed by atoms with Crippen molar-refractivity contribution in [2.24, 2.45) is 0 Å². The Balaban J connectivity index is 1.43. The average molecular weight is 439 g/mol. The van der Waals surface area contributed by atoms with Gasteiger partial charge in [0.1, 0.15) is 5.75 Å².